The van der Waals surface area contributed by atoms with Crippen LogP contribution in [0.4, 0.5) is 13.2 Å². The Morgan fingerprint density at radius 2 is 1.80 bits per heavy atom. The maximum Gasteiger partial charge on any atom is 0.417 e. The maximum absolute atomic E-state index is 13.1. The van der Waals surface area contributed by atoms with Crippen LogP contribution in [0.1, 0.15) is 17.5 Å². The van der Waals surface area contributed by atoms with Gasteiger partial charge in [-0.2, -0.15) is 26.7 Å². The number of alkyl halides is 3. The van der Waals surface area contributed by atoms with Gasteiger partial charge in [0, 0.05) is 18.7 Å². The number of ether oxygens (including phenoxy) is 1. The average Bonchev–Trinajstić information content (AvgIpc) is 2.63. The molecule has 2 aromatic rings. The molecule has 0 heterocycles. The van der Waals surface area contributed by atoms with Crippen molar-refractivity contribution in [2.24, 2.45) is 21.7 Å². The first kappa shape index (κ1) is 23.0. The molecule has 0 aliphatic carbocycles. The summed E-state index contributed by atoms with van der Waals surface area (Å²) in [7, 11) is -4.74. The molecule has 12 heteroatoms. The predicted octanol–water partition coefficient (Wildman–Crippen LogP) is 2.81. The third-order valence-electron chi connectivity index (χ3n) is 3.46. The third-order valence-corrected chi connectivity index (χ3v) is 4.77. The van der Waals surface area contributed by atoms with Gasteiger partial charge in [0.25, 0.3) is 0 Å². The molecule has 0 saturated carbocycles. The molecule has 0 unspecified atom stereocenters. The fourth-order valence-corrected chi connectivity index (χ4v) is 3.47. The SMILES string of the molecule is Cc1cc(OCC/C=N/N=C(N)N)cc(OS(=O)(=O)c2ccccc2C(F)(F)F)c1. The molecular weight excluding hydrogens is 425 g/mol. The van der Waals surface area contributed by atoms with E-state index in [9.17, 15) is 21.6 Å². The molecule has 0 aromatic heterocycles. The molecule has 2 aromatic carbocycles. The monoisotopic (exact) mass is 444 g/mol. The van der Waals surface area contributed by atoms with E-state index >= 15 is 0 Å². The smallest absolute Gasteiger partial charge is 0.417 e. The van der Waals surface area contributed by atoms with E-state index in [-0.39, 0.29) is 24.1 Å². The summed E-state index contributed by atoms with van der Waals surface area (Å²) in [4.78, 5) is -0.975. The minimum atomic E-state index is -4.85. The second-order valence-electron chi connectivity index (χ2n) is 5.97. The molecule has 2 rings (SSSR count). The second kappa shape index (κ2) is 9.48. The molecule has 0 saturated heterocycles. The molecule has 162 valence electrons. The summed E-state index contributed by atoms with van der Waals surface area (Å²) in [5, 5.41) is 6.99. The summed E-state index contributed by atoms with van der Waals surface area (Å²) in [5.41, 5.74) is 9.50. The number of rotatable bonds is 8. The van der Waals surface area contributed by atoms with Crippen LogP contribution in [0.2, 0.25) is 0 Å². The van der Waals surface area contributed by atoms with Gasteiger partial charge in [-0.25, -0.2) is 0 Å². The van der Waals surface area contributed by atoms with E-state index in [1.807, 2.05) is 0 Å². The lowest BCUT2D eigenvalue weighted by molar-refractivity contribution is -0.139. The zero-order valence-electron chi connectivity index (χ0n) is 15.8. The van der Waals surface area contributed by atoms with Gasteiger partial charge < -0.3 is 20.4 Å². The largest absolute Gasteiger partial charge is 0.493 e. The Bertz CT molecular complexity index is 1050. The maximum atomic E-state index is 13.1. The second-order valence-corrected chi connectivity index (χ2v) is 7.49. The van der Waals surface area contributed by atoms with Gasteiger partial charge in [-0.15, -0.1) is 5.10 Å². The highest BCUT2D eigenvalue weighted by atomic mass is 32.2. The van der Waals surface area contributed by atoms with Crippen molar-refractivity contribution in [3.8, 4) is 11.5 Å². The molecule has 0 atom stereocenters. The Balaban J connectivity index is 2.17. The van der Waals surface area contributed by atoms with E-state index in [0.717, 1.165) is 12.1 Å². The van der Waals surface area contributed by atoms with Crippen molar-refractivity contribution in [2.45, 2.75) is 24.4 Å². The lowest BCUT2D eigenvalue weighted by Gasteiger charge is -2.14. The topological polar surface area (TPSA) is 129 Å². The summed E-state index contributed by atoms with van der Waals surface area (Å²) in [6, 6.07) is 8.01. The average molecular weight is 444 g/mol. The zero-order chi connectivity index (χ0) is 22.4. The molecule has 0 fully saturated rings. The van der Waals surface area contributed by atoms with Crippen LogP contribution in [0.25, 0.3) is 0 Å². The summed E-state index contributed by atoms with van der Waals surface area (Å²) < 4.78 is 74.8. The molecule has 4 N–H and O–H groups in total. The van der Waals surface area contributed by atoms with Crippen molar-refractivity contribution in [3.63, 3.8) is 0 Å². The minimum absolute atomic E-state index is 0.163. The van der Waals surface area contributed by atoms with Crippen molar-refractivity contribution in [1.29, 1.82) is 0 Å². The number of aryl methyl sites for hydroxylation is 1. The molecule has 0 spiro atoms. The highest BCUT2D eigenvalue weighted by Crippen LogP contribution is 2.35. The summed E-state index contributed by atoms with van der Waals surface area (Å²) in [6.45, 7) is 1.81. The number of nitrogens with two attached hydrogens (primary N) is 2. The number of hydrogen-bond donors (Lipinski definition) is 2. The first-order valence-corrected chi connectivity index (χ1v) is 9.85. The molecule has 0 aliphatic heterocycles. The van der Waals surface area contributed by atoms with Crippen LogP contribution < -0.4 is 20.4 Å². The van der Waals surface area contributed by atoms with Gasteiger partial charge in [-0.1, -0.05) is 12.1 Å². The van der Waals surface area contributed by atoms with Crippen LogP contribution in [0.5, 0.6) is 11.5 Å². The van der Waals surface area contributed by atoms with Gasteiger partial charge in [-0.05, 0) is 36.8 Å². The van der Waals surface area contributed by atoms with Gasteiger partial charge in [0.1, 0.15) is 16.4 Å². The first-order valence-electron chi connectivity index (χ1n) is 8.44. The van der Waals surface area contributed by atoms with Crippen molar-refractivity contribution in [2.75, 3.05) is 6.61 Å². The molecule has 0 radical (unpaired) electrons. The quantitative estimate of drug-likeness (QED) is 0.212. The van der Waals surface area contributed by atoms with Gasteiger partial charge in [0.15, 0.2) is 0 Å². The van der Waals surface area contributed by atoms with Gasteiger partial charge >= 0.3 is 16.3 Å². The summed E-state index contributed by atoms with van der Waals surface area (Å²) in [5.74, 6) is -0.114. The Morgan fingerprint density at radius 1 is 1.13 bits per heavy atom. The minimum Gasteiger partial charge on any atom is -0.493 e. The normalized spacial score (nSPS) is 12.0. The highest BCUT2D eigenvalue weighted by molar-refractivity contribution is 7.87. The molecule has 0 amide bonds. The van der Waals surface area contributed by atoms with Crippen molar-refractivity contribution < 1.29 is 30.5 Å². The van der Waals surface area contributed by atoms with Crippen LogP contribution in [-0.4, -0.2) is 27.2 Å². The Hall–Kier alpha value is -3.28. The van der Waals surface area contributed by atoms with Crippen LogP contribution in [0.15, 0.2) is 57.6 Å². The van der Waals surface area contributed by atoms with Crippen LogP contribution >= 0.6 is 0 Å². The Morgan fingerprint density at radius 3 is 2.47 bits per heavy atom. The van der Waals surface area contributed by atoms with E-state index in [0.29, 0.717) is 18.1 Å². The number of nitrogens with zero attached hydrogens (tertiary/aromatic N) is 2. The molecule has 0 bridgehead atoms. The Kier molecular flexibility index (Phi) is 7.27. The molecule has 0 aliphatic rings. The van der Waals surface area contributed by atoms with Crippen molar-refractivity contribution >= 4 is 22.3 Å². The lowest BCUT2D eigenvalue weighted by atomic mass is 10.2. The van der Waals surface area contributed by atoms with E-state index in [2.05, 4.69) is 10.2 Å². The fourth-order valence-electron chi connectivity index (χ4n) is 2.33. The molecule has 8 nitrogen and oxygen atoms in total. The van der Waals surface area contributed by atoms with Gasteiger partial charge in [0.05, 0.1) is 12.2 Å². The lowest BCUT2D eigenvalue weighted by Crippen LogP contribution is -2.21. The fraction of sp³-hybridized carbons (Fsp3) is 0.222. The molecular formula is C18H19F3N4O4S. The number of guanidine groups is 1. The van der Waals surface area contributed by atoms with E-state index in [1.165, 1.54) is 24.4 Å². The van der Waals surface area contributed by atoms with Crippen LogP contribution in [-0.2, 0) is 16.3 Å². The summed E-state index contributed by atoms with van der Waals surface area (Å²) >= 11 is 0. The standard InChI is InChI=1S/C18H19F3N4O4S/c1-12-9-13(28-8-4-7-24-25-17(22)23)11-14(10-12)29-30(26,27)16-6-3-2-5-15(16)18(19,20)21/h2-3,5-7,9-11H,4,8H2,1H3,(H4,22,23,25)/b24-7+. The van der Waals surface area contributed by atoms with Gasteiger partial charge in [0.2, 0.25) is 5.96 Å². The van der Waals surface area contributed by atoms with Crippen LogP contribution in [0.3, 0.4) is 0 Å². The first-order chi connectivity index (χ1) is 14.0. The van der Waals surface area contributed by atoms with E-state index in [4.69, 9.17) is 20.4 Å². The van der Waals surface area contributed by atoms with E-state index < -0.39 is 26.8 Å². The van der Waals surface area contributed by atoms with Crippen LogP contribution in [0, 0.1) is 6.92 Å². The third kappa shape index (κ3) is 6.65. The number of benzene rings is 2. The number of hydrogen-bond acceptors (Lipinski definition) is 6. The van der Waals surface area contributed by atoms with Crippen molar-refractivity contribution in [1.82, 2.24) is 0 Å². The predicted molar refractivity (Wildman–Crippen MR) is 105 cm³/mol. The molecule has 30 heavy (non-hydrogen) atoms. The Labute approximate surface area is 171 Å². The van der Waals surface area contributed by atoms with Crippen molar-refractivity contribution in [3.05, 3.63) is 53.6 Å². The van der Waals surface area contributed by atoms with Gasteiger partial charge in [-0.3, -0.25) is 0 Å². The zero-order valence-corrected chi connectivity index (χ0v) is 16.6. The highest BCUT2D eigenvalue weighted by Gasteiger charge is 2.37. The number of halogens is 3. The summed E-state index contributed by atoms with van der Waals surface area (Å²) in [6.07, 6.45) is -3.10. The van der Waals surface area contributed by atoms with E-state index in [1.54, 1.807) is 13.0 Å².